The lowest BCUT2D eigenvalue weighted by atomic mass is 10.1. The minimum atomic E-state index is 0.0330. The van der Waals surface area contributed by atoms with Gasteiger partial charge in [-0.25, -0.2) is 4.98 Å². The van der Waals surface area contributed by atoms with Crippen LogP contribution in [0.15, 0.2) is 12.1 Å². The van der Waals surface area contributed by atoms with Crippen molar-refractivity contribution in [3.8, 4) is 0 Å². The maximum atomic E-state index is 5.65. The topological polar surface area (TPSA) is 50.9 Å². The van der Waals surface area contributed by atoms with Gasteiger partial charge in [-0.15, -0.1) is 0 Å². The van der Waals surface area contributed by atoms with Gasteiger partial charge in [-0.3, -0.25) is 0 Å². The molecule has 1 aromatic heterocycles. The molecule has 84 valence electrons. The van der Waals surface area contributed by atoms with Gasteiger partial charge in [0.15, 0.2) is 0 Å². The van der Waals surface area contributed by atoms with Crippen LogP contribution in [0.25, 0.3) is 0 Å². The summed E-state index contributed by atoms with van der Waals surface area (Å²) in [7, 11) is 0. The number of hydrogen-bond acceptors (Lipinski definition) is 3. The molecule has 0 fully saturated rings. The first-order valence-corrected chi connectivity index (χ1v) is 5.42. The highest BCUT2D eigenvalue weighted by atomic mass is 15.0. The molecule has 3 N–H and O–H groups in total. The van der Waals surface area contributed by atoms with Crippen molar-refractivity contribution in [2.75, 3.05) is 5.32 Å². The largest absolute Gasteiger partial charge is 0.365 e. The quantitative estimate of drug-likeness (QED) is 0.799. The number of pyridine rings is 1. The van der Waals surface area contributed by atoms with Gasteiger partial charge in [0.25, 0.3) is 0 Å². The highest BCUT2D eigenvalue weighted by molar-refractivity contribution is 5.41. The summed E-state index contributed by atoms with van der Waals surface area (Å²) < 4.78 is 0. The van der Waals surface area contributed by atoms with Crippen LogP contribution in [-0.4, -0.2) is 10.5 Å². The summed E-state index contributed by atoms with van der Waals surface area (Å²) in [6.07, 6.45) is 0.937. The lowest BCUT2D eigenvalue weighted by Crippen LogP contribution is -2.27. The summed E-state index contributed by atoms with van der Waals surface area (Å²) in [6, 6.07) is 4.08. The van der Waals surface area contributed by atoms with E-state index in [0.29, 0.717) is 6.54 Å². The molecule has 0 aliphatic heterocycles. The van der Waals surface area contributed by atoms with Crippen molar-refractivity contribution in [1.29, 1.82) is 0 Å². The van der Waals surface area contributed by atoms with Crippen LogP contribution in [0.4, 0.5) is 5.82 Å². The van der Waals surface area contributed by atoms with E-state index in [1.54, 1.807) is 0 Å². The number of aromatic nitrogens is 1. The molecule has 1 heterocycles. The maximum absolute atomic E-state index is 5.65. The molecule has 0 amide bonds. The first-order valence-electron chi connectivity index (χ1n) is 5.42. The van der Waals surface area contributed by atoms with Crippen molar-refractivity contribution >= 4 is 5.82 Å². The molecule has 0 unspecified atom stereocenters. The summed E-state index contributed by atoms with van der Waals surface area (Å²) in [5, 5.41) is 3.36. The molecule has 1 aromatic rings. The molecule has 0 spiro atoms. The average Bonchev–Trinajstić information content (AvgIpc) is 2.14. The Labute approximate surface area is 92.1 Å². The molecule has 1 rings (SSSR count). The van der Waals surface area contributed by atoms with E-state index >= 15 is 0 Å². The van der Waals surface area contributed by atoms with Gasteiger partial charge < -0.3 is 11.1 Å². The second kappa shape index (κ2) is 4.62. The summed E-state index contributed by atoms with van der Waals surface area (Å²) >= 11 is 0. The summed E-state index contributed by atoms with van der Waals surface area (Å²) in [5.41, 5.74) is 7.90. The normalized spacial score (nSPS) is 11.5. The third-order valence-corrected chi connectivity index (χ3v) is 2.04. The fourth-order valence-electron chi connectivity index (χ4n) is 1.40. The monoisotopic (exact) mass is 207 g/mol. The number of hydrogen-bond donors (Lipinski definition) is 2. The van der Waals surface area contributed by atoms with Gasteiger partial charge in [-0.1, -0.05) is 6.92 Å². The minimum absolute atomic E-state index is 0.0330. The first kappa shape index (κ1) is 12.0. The van der Waals surface area contributed by atoms with Gasteiger partial charge in [0.05, 0.1) is 0 Å². The Morgan fingerprint density at radius 2 is 2.00 bits per heavy atom. The predicted octanol–water partition coefficient (Wildman–Crippen LogP) is 2.31. The molecule has 0 aliphatic carbocycles. The Kier molecular flexibility index (Phi) is 3.69. The van der Waals surface area contributed by atoms with E-state index in [-0.39, 0.29) is 5.54 Å². The second-order valence-electron chi connectivity index (χ2n) is 4.78. The number of aryl methyl sites for hydroxylation is 1. The summed E-state index contributed by atoms with van der Waals surface area (Å²) in [4.78, 5) is 4.52. The number of anilines is 1. The predicted molar refractivity (Wildman–Crippen MR) is 64.9 cm³/mol. The lowest BCUT2D eigenvalue weighted by Gasteiger charge is -2.22. The number of nitrogens with one attached hydrogen (secondary N) is 1. The second-order valence-corrected chi connectivity index (χ2v) is 4.78. The molecule has 0 bridgehead atoms. The molecule has 0 saturated heterocycles. The van der Waals surface area contributed by atoms with E-state index in [0.717, 1.165) is 23.5 Å². The van der Waals surface area contributed by atoms with Gasteiger partial charge >= 0.3 is 0 Å². The van der Waals surface area contributed by atoms with Crippen LogP contribution in [-0.2, 0) is 13.0 Å². The van der Waals surface area contributed by atoms with Crippen molar-refractivity contribution < 1.29 is 0 Å². The van der Waals surface area contributed by atoms with E-state index in [9.17, 15) is 0 Å². The zero-order valence-electron chi connectivity index (χ0n) is 10.1. The van der Waals surface area contributed by atoms with Crippen LogP contribution in [0, 0.1) is 0 Å². The fourth-order valence-corrected chi connectivity index (χ4v) is 1.40. The molecule has 3 nitrogen and oxygen atoms in total. The Balaban J connectivity index is 2.97. The maximum Gasteiger partial charge on any atom is 0.126 e. The summed E-state index contributed by atoms with van der Waals surface area (Å²) in [6.45, 7) is 9.03. The highest BCUT2D eigenvalue weighted by Gasteiger charge is 2.10. The van der Waals surface area contributed by atoms with Crippen LogP contribution in [0.5, 0.6) is 0 Å². The van der Waals surface area contributed by atoms with Gasteiger partial charge in [0.1, 0.15) is 5.82 Å². The van der Waals surface area contributed by atoms with E-state index in [1.807, 2.05) is 6.07 Å². The SMILES string of the molecule is CCc1cc(CN)cc(NC(C)(C)C)n1. The van der Waals surface area contributed by atoms with E-state index in [1.165, 1.54) is 0 Å². The van der Waals surface area contributed by atoms with Crippen molar-refractivity contribution in [3.63, 3.8) is 0 Å². The van der Waals surface area contributed by atoms with Crippen LogP contribution in [0.2, 0.25) is 0 Å². The minimum Gasteiger partial charge on any atom is -0.365 e. The van der Waals surface area contributed by atoms with Crippen LogP contribution < -0.4 is 11.1 Å². The molecule has 15 heavy (non-hydrogen) atoms. The molecular weight excluding hydrogens is 186 g/mol. The molecule has 0 aromatic carbocycles. The third-order valence-electron chi connectivity index (χ3n) is 2.04. The first-order chi connectivity index (χ1) is 6.94. The zero-order valence-corrected chi connectivity index (χ0v) is 10.1. The molecule has 0 radical (unpaired) electrons. The van der Waals surface area contributed by atoms with E-state index in [2.05, 4.69) is 44.1 Å². The zero-order chi connectivity index (χ0) is 11.5. The Morgan fingerprint density at radius 1 is 1.33 bits per heavy atom. The van der Waals surface area contributed by atoms with Crippen LogP contribution in [0.3, 0.4) is 0 Å². The van der Waals surface area contributed by atoms with Crippen molar-refractivity contribution in [2.45, 2.75) is 46.2 Å². The lowest BCUT2D eigenvalue weighted by molar-refractivity contribution is 0.629. The van der Waals surface area contributed by atoms with Crippen LogP contribution >= 0.6 is 0 Å². The van der Waals surface area contributed by atoms with E-state index < -0.39 is 0 Å². The highest BCUT2D eigenvalue weighted by Crippen LogP contribution is 2.15. The standard InChI is InChI=1S/C12H21N3/c1-5-10-6-9(8-13)7-11(14-10)15-12(2,3)4/h6-7H,5,8,13H2,1-4H3,(H,14,15). The fraction of sp³-hybridized carbons (Fsp3) is 0.583. The molecule has 3 heteroatoms. The van der Waals surface area contributed by atoms with Crippen molar-refractivity contribution in [3.05, 3.63) is 23.4 Å². The Morgan fingerprint density at radius 3 is 2.47 bits per heavy atom. The molecule has 0 saturated carbocycles. The third kappa shape index (κ3) is 3.88. The van der Waals surface area contributed by atoms with Gasteiger partial charge in [-0.2, -0.15) is 0 Å². The average molecular weight is 207 g/mol. The van der Waals surface area contributed by atoms with Gasteiger partial charge in [0, 0.05) is 17.8 Å². The van der Waals surface area contributed by atoms with Crippen molar-refractivity contribution in [1.82, 2.24) is 4.98 Å². The number of nitrogens with two attached hydrogens (primary N) is 1. The van der Waals surface area contributed by atoms with Gasteiger partial charge in [-0.05, 0) is 44.9 Å². The van der Waals surface area contributed by atoms with Gasteiger partial charge in [0.2, 0.25) is 0 Å². The molecule has 0 atom stereocenters. The Bertz CT molecular complexity index is 304. The number of rotatable bonds is 3. The van der Waals surface area contributed by atoms with Crippen molar-refractivity contribution in [2.24, 2.45) is 5.73 Å². The molecular formula is C12H21N3. The molecule has 0 aliphatic rings. The smallest absolute Gasteiger partial charge is 0.126 e. The van der Waals surface area contributed by atoms with E-state index in [4.69, 9.17) is 5.73 Å². The Hall–Kier alpha value is -1.09. The summed E-state index contributed by atoms with van der Waals surface area (Å²) in [5.74, 6) is 0.919. The number of nitrogens with zero attached hydrogens (tertiary/aromatic N) is 1. The van der Waals surface area contributed by atoms with Crippen LogP contribution in [0.1, 0.15) is 39.0 Å².